The predicted octanol–water partition coefficient (Wildman–Crippen LogP) is 3.52. The number of rotatable bonds is 5. The van der Waals surface area contributed by atoms with E-state index >= 15 is 0 Å². The summed E-state index contributed by atoms with van der Waals surface area (Å²) < 4.78 is 24.6. The minimum absolute atomic E-state index is 0.111. The number of fused-ring (bicyclic) bond motifs is 1. The molecule has 28 heavy (non-hydrogen) atoms. The van der Waals surface area contributed by atoms with Crippen LogP contribution in [-0.4, -0.2) is 37.8 Å². The van der Waals surface area contributed by atoms with Crippen LogP contribution in [-0.2, 0) is 11.3 Å². The Bertz CT molecular complexity index is 834. The fourth-order valence-electron chi connectivity index (χ4n) is 3.68. The van der Waals surface area contributed by atoms with Crippen LogP contribution in [0.4, 0.5) is 10.1 Å². The van der Waals surface area contributed by atoms with Gasteiger partial charge in [0.2, 0.25) is 0 Å². The lowest BCUT2D eigenvalue weighted by Crippen LogP contribution is -2.40. The van der Waals surface area contributed by atoms with Crippen molar-refractivity contribution in [2.24, 2.45) is 0 Å². The second-order valence-electron chi connectivity index (χ2n) is 7.44. The number of nitrogens with one attached hydrogen (secondary N) is 1. The van der Waals surface area contributed by atoms with E-state index in [2.05, 4.69) is 17.1 Å². The minimum atomic E-state index is -0.246. The van der Waals surface area contributed by atoms with Gasteiger partial charge in [-0.05, 0) is 55.7 Å². The Kier molecular flexibility index (Phi) is 5.48. The Hall–Kier alpha value is -2.60. The first-order valence-electron chi connectivity index (χ1n) is 9.78. The van der Waals surface area contributed by atoms with E-state index in [9.17, 15) is 9.18 Å². The molecule has 1 fully saturated rings. The van der Waals surface area contributed by atoms with Crippen LogP contribution in [0.2, 0.25) is 0 Å². The summed E-state index contributed by atoms with van der Waals surface area (Å²) in [7, 11) is 0. The maximum absolute atomic E-state index is 13.2. The number of hydrogen-bond donors (Lipinski definition) is 1. The second-order valence-corrected chi connectivity index (χ2v) is 7.44. The van der Waals surface area contributed by atoms with Gasteiger partial charge in [-0.1, -0.05) is 12.1 Å². The molecule has 2 aliphatic heterocycles. The largest absolute Gasteiger partial charge is 0.489 e. The highest BCUT2D eigenvalue weighted by Crippen LogP contribution is 2.35. The van der Waals surface area contributed by atoms with Crippen molar-refractivity contribution in [3.05, 3.63) is 59.4 Å². The molecule has 1 saturated heterocycles. The van der Waals surface area contributed by atoms with Crippen molar-refractivity contribution in [2.45, 2.75) is 38.5 Å². The molecule has 148 valence electrons. The van der Waals surface area contributed by atoms with Gasteiger partial charge in [0.15, 0.2) is 0 Å². The van der Waals surface area contributed by atoms with E-state index in [0.29, 0.717) is 25.3 Å². The Morgan fingerprint density at radius 3 is 2.82 bits per heavy atom. The second kappa shape index (κ2) is 8.19. The molecule has 0 aliphatic carbocycles. The number of nitrogens with zero attached hydrogens (tertiary/aromatic N) is 1. The summed E-state index contributed by atoms with van der Waals surface area (Å²) >= 11 is 0. The standard InChI is InChI=1S/C22H25FN2O3/c1-15-14-28-21-9-6-17(22(26)24-12-19-3-2-10-27-19)11-20(21)25(15)13-16-4-7-18(23)8-5-16/h4-9,11,15,19H,2-3,10,12-14H2,1H3,(H,24,26). The van der Waals surface area contributed by atoms with E-state index in [4.69, 9.17) is 9.47 Å². The monoisotopic (exact) mass is 384 g/mol. The lowest BCUT2D eigenvalue weighted by atomic mass is 10.1. The molecule has 0 saturated carbocycles. The van der Waals surface area contributed by atoms with Crippen LogP contribution in [0.5, 0.6) is 5.75 Å². The SMILES string of the molecule is CC1COc2ccc(C(=O)NCC3CCCO3)cc2N1Cc1ccc(F)cc1. The van der Waals surface area contributed by atoms with Gasteiger partial charge in [-0.3, -0.25) is 4.79 Å². The summed E-state index contributed by atoms with van der Waals surface area (Å²) in [6, 6.07) is 12.2. The number of carbonyl (C=O) groups excluding carboxylic acids is 1. The van der Waals surface area contributed by atoms with Crippen LogP contribution in [0.15, 0.2) is 42.5 Å². The molecule has 0 radical (unpaired) electrons. The molecule has 2 unspecified atom stereocenters. The Labute approximate surface area is 164 Å². The molecule has 0 bridgehead atoms. The van der Waals surface area contributed by atoms with Crippen molar-refractivity contribution in [3.63, 3.8) is 0 Å². The van der Waals surface area contributed by atoms with Crippen LogP contribution in [0.3, 0.4) is 0 Å². The van der Waals surface area contributed by atoms with Crippen molar-refractivity contribution >= 4 is 11.6 Å². The molecule has 1 amide bonds. The molecule has 2 aliphatic rings. The summed E-state index contributed by atoms with van der Waals surface area (Å²) in [5.74, 6) is 0.401. The molecule has 5 nitrogen and oxygen atoms in total. The number of ether oxygens (including phenoxy) is 2. The number of amides is 1. The van der Waals surface area contributed by atoms with Crippen LogP contribution in [0.25, 0.3) is 0 Å². The van der Waals surface area contributed by atoms with Gasteiger partial charge in [0.25, 0.3) is 5.91 Å². The molecule has 6 heteroatoms. The number of anilines is 1. The van der Waals surface area contributed by atoms with Gasteiger partial charge in [-0.2, -0.15) is 0 Å². The van der Waals surface area contributed by atoms with E-state index in [1.54, 1.807) is 18.2 Å². The zero-order chi connectivity index (χ0) is 19.5. The quantitative estimate of drug-likeness (QED) is 0.857. The van der Waals surface area contributed by atoms with Gasteiger partial charge >= 0.3 is 0 Å². The third kappa shape index (κ3) is 4.12. The lowest BCUT2D eigenvalue weighted by molar-refractivity contribution is 0.0857. The van der Waals surface area contributed by atoms with Gasteiger partial charge in [0.1, 0.15) is 18.2 Å². The van der Waals surface area contributed by atoms with Crippen molar-refractivity contribution in [1.29, 1.82) is 0 Å². The van der Waals surface area contributed by atoms with Gasteiger partial charge in [-0.15, -0.1) is 0 Å². The first kappa shape index (κ1) is 18.7. The summed E-state index contributed by atoms with van der Waals surface area (Å²) in [5, 5.41) is 2.96. The van der Waals surface area contributed by atoms with E-state index < -0.39 is 0 Å². The van der Waals surface area contributed by atoms with Gasteiger partial charge < -0.3 is 19.7 Å². The van der Waals surface area contributed by atoms with Crippen LogP contribution < -0.4 is 15.0 Å². The molecular formula is C22H25FN2O3. The zero-order valence-corrected chi connectivity index (χ0v) is 16.0. The molecule has 2 aromatic carbocycles. The van der Waals surface area contributed by atoms with Crippen molar-refractivity contribution in [2.75, 3.05) is 24.7 Å². The van der Waals surface area contributed by atoms with Gasteiger partial charge in [-0.25, -0.2) is 4.39 Å². The third-order valence-corrected chi connectivity index (χ3v) is 5.32. The van der Waals surface area contributed by atoms with E-state index in [-0.39, 0.29) is 23.9 Å². The molecule has 2 aromatic rings. The molecule has 1 N–H and O–H groups in total. The van der Waals surface area contributed by atoms with Gasteiger partial charge in [0.05, 0.1) is 17.8 Å². The molecular weight excluding hydrogens is 359 g/mol. The van der Waals surface area contributed by atoms with Crippen molar-refractivity contribution in [1.82, 2.24) is 5.32 Å². The number of halogens is 1. The van der Waals surface area contributed by atoms with E-state index in [0.717, 1.165) is 36.4 Å². The average molecular weight is 384 g/mol. The predicted molar refractivity (Wildman–Crippen MR) is 105 cm³/mol. The summed E-state index contributed by atoms with van der Waals surface area (Å²) in [6.07, 6.45) is 2.15. The number of carbonyl (C=O) groups is 1. The fourth-order valence-corrected chi connectivity index (χ4v) is 3.68. The van der Waals surface area contributed by atoms with Crippen LogP contribution >= 0.6 is 0 Å². The highest BCUT2D eigenvalue weighted by atomic mass is 19.1. The highest BCUT2D eigenvalue weighted by Gasteiger charge is 2.26. The van der Waals surface area contributed by atoms with Crippen LogP contribution in [0, 0.1) is 5.82 Å². The molecule has 2 atom stereocenters. The Balaban J connectivity index is 1.52. The van der Waals surface area contributed by atoms with E-state index in [1.807, 2.05) is 12.1 Å². The number of hydrogen-bond acceptors (Lipinski definition) is 4. The minimum Gasteiger partial charge on any atom is -0.489 e. The third-order valence-electron chi connectivity index (χ3n) is 5.32. The Morgan fingerprint density at radius 2 is 2.07 bits per heavy atom. The first-order valence-corrected chi connectivity index (χ1v) is 9.78. The zero-order valence-electron chi connectivity index (χ0n) is 16.0. The lowest BCUT2D eigenvalue weighted by Gasteiger charge is -2.37. The smallest absolute Gasteiger partial charge is 0.251 e. The van der Waals surface area contributed by atoms with Crippen molar-refractivity contribution < 1.29 is 18.7 Å². The molecule has 2 heterocycles. The molecule has 4 rings (SSSR count). The van der Waals surface area contributed by atoms with Crippen LogP contribution in [0.1, 0.15) is 35.7 Å². The molecule has 0 aromatic heterocycles. The van der Waals surface area contributed by atoms with Crippen molar-refractivity contribution in [3.8, 4) is 5.75 Å². The fraction of sp³-hybridized carbons (Fsp3) is 0.409. The van der Waals surface area contributed by atoms with E-state index in [1.165, 1.54) is 12.1 Å². The average Bonchev–Trinajstić information content (AvgIpc) is 3.23. The Morgan fingerprint density at radius 1 is 1.25 bits per heavy atom. The summed E-state index contributed by atoms with van der Waals surface area (Å²) in [5.41, 5.74) is 2.49. The highest BCUT2D eigenvalue weighted by molar-refractivity contribution is 5.95. The topological polar surface area (TPSA) is 50.8 Å². The number of benzene rings is 2. The molecule has 0 spiro atoms. The first-order chi connectivity index (χ1) is 13.6. The van der Waals surface area contributed by atoms with Gasteiger partial charge in [0, 0.05) is 25.3 Å². The summed E-state index contributed by atoms with van der Waals surface area (Å²) in [4.78, 5) is 14.8. The normalized spacial score (nSPS) is 21.1. The maximum atomic E-state index is 13.2. The maximum Gasteiger partial charge on any atom is 0.251 e. The summed E-state index contributed by atoms with van der Waals surface area (Å²) in [6.45, 7) is 4.57.